The first-order chi connectivity index (χ1) is 12.2. The molecule has 0 aromatic heterocycles. The standard InChI is InChI=1S/C20H30N4O.HI/c1-4-5-8-14-23(3)20(21-2)22-13-9-12-19(25)24-15-17-10-6-7-11-18(17)16-24;/h4,6-7,10-11H,1,5,8-9,12-16H2,2-3H3,(H,21,22);1H. The van der Waals surface area contributed by atoms with Crippen molar-refractivity contribution in [2.24, 2.45) is 4.99 Å². The van der Waals surface area contributed by atoms with Gasteiger partial charge >= 0.3 is 0 Å². The zero-order valence-electron chi connectivity index (χ0n) is 15.9. The summed E-state index contributed by atoms with van der Waals surface area (Å²) in [6, 6.07) is 8.29. The van der Waals surface area contributed by atoms with Crippen molar-refractivity contribution in [3.8, 4) is 0 Å². The second-order valence-corrected chi connectivity index (χ2v) is 6.45. The van der Waals surface area contributed by atoms with Gasteiger partial charge in [-0.05, 0) is 30.4 Å². The molecule has 0 radical (unpaired) electrons. The molecule has 1 amide bonds. The van der Waals surface area contributed by atoms with E-state index in [0.29, 0.717) is 6.42 Å². The van der Waals surface area contributed by atoms with E-state index in [1.807, 2.05) is 30.2 Å². The van der Waals surface area contributed by atoms with Crippen LogP contribution in [0.25, 0.3) is 0 Å². The molecule has 6 heteroatoms. The Morgan fingerprint density at radius 3 is 2.54 bits per heavy atom. The van der Waals surface area contributed by atoms with Gasteiger partial charge in [-0.15, -0.1) is 30.6 Å². The summed E-state index contributed by atoms with van der Waals surface area (Å²) in [4.78, 5) is 20.7. The fourth-order valence-electron chi connectivity index (χ4n) is 3.07. The largest absolute Gasteiger partial charge is 0.356 e. The van der Waals surface area contributed by atoms with Gasteiger partial charge in [0.2, 0.25) is 5.91 Å². The first kappa shape index (κ1) is 22.5. The molecule has 1 heterocycles. The molecule has 0 saturated heterocycles. The van der Waals surface area contributed by atoms with Gasteiger partial charge in [0.05, 0.1) is 0 Å². The number of carbonyl (C=O) groups excluding carboxylic acids is 1. The van der Waals surface area contributed by atoms with Gasteiger partial charge in [-0.25, -0.2) is 0 Å². The predicted octanol–water partition coefficient (Wildman–Crippen LogP) is 3.40. The Bertz CT molecular complexity index is 593. The molecular formula is C20H31IN4O. The van der Waals surface area contributed by atoms with Gasteiger partial charge in [-0.2, -0.15) is 0 Å². The van der Waals surface area contributed by atoms with Crippen LogP contribution in [0.4, 0.5) is 0 Å². The van der Waals surface area contributed by atoms with Crippen molar-refractivity contribution in [2.75, 3.05) is 27.2 Å². The Balaban J connectivity index is 0.00000338. The van der Waals surface area contributed by atoms with Crippen molar-refractivity contribution in [1.29, 1.82) is 0 Å². The summed E-state index contributed by atoms with van der Waals surface area (Å²) >= 11 is 0. The van der Waals surface area contributed by atoms with E-state index >= 15 is 0 Å². The lowest BCUT2D eigenvalue weighted by Crippen LogP contribution is -2.40. The fourth-order valence-corrected chi connectivity index (χ4v) is 3.07. The van der Waals surface area contributed by atoms with E-state index in [1.54, 1.807) is 7.05 Å². The van der Waals surface area contributed by atoms with Crippen molar-refractivity contribution < 1.29 is 4.79 Å². The summed E-state index contributed by atoms with van der Waals surface area (Å²) in [5, 5.41) is 3.34. The highest BCUT2D eigenvalue weighted by Crippen LogP contribution is 2.22. The summed E-state index contributed by atoms with van der Waals surface area (Å²) in [5.74, 6) is 1.11. The zero-order chi connectivity index (χ0) is 18.1. The molecule has 0 aliphatic carbocycles. The molecular weight excluding hydrogens is 439 g/mol. The third-order valence-electron chi connectivity index (χ3n) is 4.52. The molecule has 2 rings (SSSR count). The number of benzene rings is 1. The smallest absolute Gasteiger partial charge is 0.223 e. The molecule has 0 saturated carbocycles. The Hall–Kier alpha value is -1.57. The number of aliphatic imine (C=N–C) groups is 1. The fraction of sp³-hybridized carbons (Fsp3) is 0.500. The van der Waals surface area contributed by atoms with Crippen molar-refractivity contribution in [3.05, 3.63) is 48.0 Å². The maximum Gasteiger partial charge on any atom is 0.223 e. The van der Waals surface area contributed by atoms with Crippen molar-refractivity contribution in [3.63, 3.8) is 0 Å². The third-order valence-corrected chi connectivity index (χ3v) is 4.52. The summed E-state index contributed by atoms with van der Waals surface area (Å²) in [6.45, 7) is 6.93. The van der Waals surface area contributed by atoms with Gasteiger partial charge in [0.25, 0.3) is 0 Å². The zero-order valence-corrected chi connectivity index (χ0v) is 18.2. The third kappa shape index (κ3) is 6.63. The number of carbonyl (C=O) groups is 1. The van der Waals surface area contributed by atoms with E-state index < -0.39 is 0 Å². The van der Waals surface area contributed by atoms with Gasteiger partial charge in [0.1, 0.15) is 0 Å². The van der Waals surface area contributed by atoms with Gasteiger partial charge < -0.3 is 15.1 Å². The van der Waals surface area contributed by atoms with Crippen molar-refractivity contribution in [1.82, 2.24) is 15.1 Å². The van der Waals surface area contributed by atoms with Gasteiger partial charge in [-0.1, -0.05) is 30.3 Å². The summed E-state index contributed by atoms with van der Waals surface area (Å²) in [7, 11) is 3.82. The Morgan fingerprint density at radius 2 is 1.96 bits per heavy atom. The highest BCUT2D eigenvalue weighted by Gasteiger charge is 2.22. The molecule has 1 aliphatic rings. The lowest BCUT2D eigenvalue weighted by Gasteiger charge is -2.22. The minimum absolute atomic E-state index is 0. The number of amides is 1. The number of nitrogens with one attached hydrogen (secondary N) is 1. The molecule has 0 fully saturated rings. The lowest BCUT2D eigenvalue weighted by molar-refractivity contribution is -0.131. The first-order valence-electron chi connectivity index (χ1n) is 9.03. The number of hydrogen-bond donors (Lipinski definition) is 1. The van der Waals surface area contributed by atoms with Crippen molar-refractivity contribution in [2.45, 2.75) is 38.8 Å². The molecule has 5 nitrogen and oxygen atoms in total. The Kier molecular flexibility index (Phi) is 10.3. The van der Waals surface area contributed by atoms with Crippen LogP contribution in [-0.4, -0.2) is 48.9 Å². The maximum absolute atomic E-state index is 12.4. The average molecular weight is 470 g/mol. The van der Waals surface area contributed by atoms with Crippen LogP contribution >= 0.6 is 24.0 Å². The molecule has 0 bridgehead atoms. The van der Waals surface area contributed by atoms with Crippen LogP contribution in [0.5, 0.6) is 0 Å². The van der Waals surface area contributed by atoms with E-state index in [2.05, 4.69) is 33.9 Å². The van der Waals surface area contributed by atoms with Gasteiger partial charge in [0.15, 0.2) is 5.96 Å². The van der Waals surface area contributed by atoms with Gasteiger partial charge in [-0.3, -0.25) is 9.79 Å². The van der Waals surface area contributed by atoms with Crippen LogP contribution in [0.1, 0.15) is 36.8 Å². The monoisotopic (exact) mass is 470 g/mol. The van der Waals surface area contributed by atoms with Crippen LogP contribution in [0.3, 0.4) is 0 Å². The minimum Gasteiger partial charge on any atom is -0.356 e. The lowest BCUT2D eigenvalue weighted by atomic mass is 10.1. The highest BCUT2D eigenvalue weighted by atomic mass is 127. The average Bonchev–Trinajstić information content (AvgIpc) is 3.06. The molecule has 26 heavy (non-hydrogen) atoms. The number of hydrogen-bond acceptors (Lipinski definition) is 2. The van der Waals surface area contributed by atoms with Gasteiger partial charge in [0, 0.05) is 46.7 Å². The highest BCUT2D eigenvalue weighted by molar-refractivity contribution is 14.0. The number of nitrogens with zero attached hydrogens (tertiary/aromatic N) is 3. The summed E-state index contributed by atoms with van der Waals surface area (Å²) < 4.78 is 0. The number of allylic oxidation sites excluding steroid dienone is 1. The second-order valence-electron chi connectivity index (χ2n) is 6.45. The molecule has 0 spiro atoms. The molecule has 1 aromatic carbocycles. The van der Waals surface area contributed by atoms with Crippen LogP contribution in [0.15, 0.2) is 41.9 Å². The molecule has 1 aromatic rings. The van der Waals surface area contributed by atoms with E-state index in [1.165, 1.54) is 11.1 Å². The Labute approximate surface area is 174 Å². The van der Waals surface area contributed by atoms with Crippen LogP contribution < -0.4 is 5.32 Å². The quantitative estimate of drug-likeness (QED) is 0.208. The maximum atomic E-state index is 12.4. The van der Waals surface area contributed by atoms with E-state index in [4.69, 9.17) is 0 Å². The SMILES string of the molecule is C=CCCCN(C)C(=NC)NCCCC(=O)N1Cc2ccccc2C1.I. The van der Waals surface area contributed by atoms with E-state index in [0.717, 1.165) is 51.4 Å². The second kappa shape index (κ2) is 11.9. The minimum atomic E-state index is 0. The molecule has 1 N–H and O–H groups in total. The Morgan fingerprint density at radius 1 is 1.31 bits per heavy atom. The number of rotatable bonds is 8. The topological polar surface area (TPSA) is 47.9 Å². The molecule has 0 atom stereocenters. The van der Waals surface area contributed by atoms with E-state index in [-0.39, 0.29) is 29.9 Å². The summed E-state index contributed by atoms with van der Waals surface area (Å²) in [6.07, 6.45) is 5.39. The number of guanidine groups is 1. The van der Waals surface area contributed by atoms with E-state index in [9.17, 15) is 4.79 Å². The number of fused-ring (bicyclic) bond motifs is 1. The molecule has 0 unspecified atom stereocenters. The molecule has 1 aliphatic heterocycles. The van der Waals surface area contributed by atoms with Crippen molar-refractivity contribution >= 4 is 35.8 Å². The first-order valence-corrected chi connectivity index (χ1v) is 9.03. The predicted molar refractivity (Wildman–Crippen MR) is 119 cm³/mol. The number of unbranched alkanes of at least 4 members (excludes halogenated alkanes) is 1. The van der Waals surface area contributed by atoms with Crippen LogP contribution in [0.2, 0.25) is 0 Å². The number of halogens is 1. The van der Waals surface area contributed by atoms with Crippen LogP contribution in [-0.2, 0) is 17.9 Å². The normalized spacial score (nSPS) is 13.0. The van der Waals surface area contributed by atoms with Crippen LogP contribution in [0, 0.1) is 0 Å². The summed E-state index contributed by atoms with van der Waals surface area (Å²) in [5.41, 5.74) is 2.55. The molecule has 144 valence electrons.